The second-order valence-electron chi connectivity index (χ2n) is 5.90. The molecule has 2 saturated carbocycles. The van der Waals surface area contributed by atoms with Crippen LogP contribution in [0.15, 0.2) is 0 Å². The van der Waals surface area contributed by atoms with Crippen LogP contribution in [0.5, 0.6) is 0 Å². The summed E-state index contributed by atoms with van der Waals surface area (Å²) in [7, 11) is 1.90. The number of hydrogen-bond donors (Lipinski definition) is 0. The van der Waals surface area contributed by atoms with Crippen LogP contribution in [0.1, 0.15) is 60.3 Å². The van der Waals surface area contributed by atoms with Crippen molar-refractivity contribution < 1.29 is 4.74 Å². The normalized spacial score (nSPS) is 46.9. The molecular formula is C15H30O. The van der Waals surface area contributed by atoms with Gasteiger partial charge in [-0.1, -0.05) is 27.7 Å². The van der Waals surface area contributed by atoms with Crippen molar-refractivity contribution in [2.24, 2.45) is 23.7 Å². The standard InChI is InChI=1S/C13H24O.C2H6/c1-9-5-11-7-10(2)13(3,14-4)12(6-9)8-11;1-2/h9-12H,5-8H2,1-4H3;1-2H3. The molecule has 2 fully saturated rings. The summed E-state index contributed by atoms with van der Waals surface area (Å²) in [4.78, 5) is 0. The van der Waals surface area contributed by atoms with Gasteiger partial charge in [-0.05, 0) is 56.3 Å². The van der Waals surface area contributed by atoms with Gasteiger partial charge in [-0.15, -0.1) is 0 Å². The number of fused-ring (bicyclic) bond motifs is 2. The Morgan fingerprint density at radius 2 is 1.62 bits per heavy atom. The Hall–Kier alpha value is -0.0400. The third-order valence-electron chi connectivity index (χ3n) is 4.96. The second-order valence-corrected chi connectivity index (χ2v) is 5.90. The van der Waals surface area contributed by atoms with Gasteiger partial charge >= 0.3 is 0 Å². The van der Waals surface area contributed by atoms with Crippen molar-refractivity contribution in [3.8, 4) is 0 Å². The van der Waals surface area contributed by atoms with Gasteiger partial charge < -0.3 is 4.74 Å². The Kier molecular flexibility index (Phi) is 4.85. The van der Waals surface area contributed by atoms with E-state index < -0.39 is 0 Å². The van der Waals surface area contributed by atoms with Gasteiger partial charge in [0, 0.05) is 7.11 Å². The molecule has 1 heteroatoms. The Morgan fingerprint density at radius 1 is 1.00 bits per heavy atom. The van der Waals surface area contributed by atoms with Crippen molar-refractivity contribution in [1.82, 2.24) is 0 Å². The van der Waals surface area contributed by atoms with Crippen LogP contribution in [0.25, 0.3) is 0 Å². The van der Waals surface area contributed by atoms with E-state index in [0.29, 0.717) is 0 Å². The van der Waals surface area contributed by atoms with E-state index in [4.69, 9.17) is 4.74 Å². The van der Waals surface area contributed by atoms with Gasteiger partial charge in [-0.25, -0.2) is 0 Å². The van der Waals surface area contributed by atoms with Gasteiger partial charge in [0.05, 0.1) is 5.60 Å². The second kappa shape index (κ2) is 5.53. The minimum Gasteiger partial charge on any atom is -0.378 e. The molecule has 2 bridgehead atoms. The van der Waals surface area contributed by atoms with Gasteiger partial charge in [0.1, 0.15) is 0 Å². The largest absolute Gasteiger partial charge is 0.378 e. The average Bonchev–Trinajstić information content (AvgIpc) is 2.28. The van der Waals surface area contributed by atoms with Gasteiger partial charge in [0.25, 0.3) is 0 Å². The van der Waals surface area contributed by atoms with Crippen molar-refractivity contribution in [2.45, 2.75) is 65.9 Å². The van der Waals surface area contributed by atoms with Gasteiger partial charge in [0.15, 0.2) is 0 Å². The molecule has 0 aromatic heterocycles. The molecule has 1 nitrogen and oxygen atoms in total. The number of methoxy groups -OCH3 is 1. The first kappa shape index (κ1) is 14.0. The molecule has 5 unspecified atom stereocenters. The summed E-state index contributed by atoms with van der Waals surface area (Å²) in [6.07, 6.45) is 5.63. The lowest BCUT2D eigenvalue weighted by Gasteiger charge is -2.52. The molecule has 0 N–H and O–H groups in total. The summed E-state index contributed by atoms with van der Waals surface area (Å²) in [6, 6.07) is 0. The smallest absolute Gasteiger partial charge is 0.0704 e. The van der Waals surface area contributed by atoms with Crippen LogP contribution in [-0.2, 0) is 4.74 Å². The van der Waals surface area contributed by atoms with Crippen LogP contribution in [0.4, 0.5) is 0 Å². The zero-order valence-electron chi connectivity index (χ0n) is 12.0. The fourth-order valence-corrected chi connectivity index (χ4v) is 3.91. The number of hydrogen-bond acceptors (Lipinski definition) is 1. The van der Waals surface area contributed by atoms with E-state index in [-0.39, 0.29) is 5.60 Å². The maximum Gasteiger partial charge on any atom is 0.0704 e. The van der Waals surface area contributed by atoms with Crippen LogP contribution >= 0.6 is 0 Å². The zero-order chi connectivity index (χ0) is 12.3. The van der Waals surface area contributed by atoms with Crippen LogP contribution in [0.3, 0.4) is 0 Å². The maximum atomic E-state index is 5.82. The summed E-state index contributed by atoms with van der Waals surface area (Å²) in [6.45, 7) is 11.1. The van der Waals surface area contributed by atoms with E-state index >= 15 is 0 Å². The molecule has 0 saturated heterocycles. The van der Waals surface area contributed by atoms with E-state index in [2.05, 4.69) is 20.8 Å². The fraction of sp³-hybridized carbons (Fsp3) is 1.00. The molecule has 2 aliphatic rings. The lowest BCUT2D eigenvalue weighted by molar-refractivity contribution is -0.136. The molecule has 5 atom stereocenters. The summed E-state index contributed by atoms with van der Waals surface area (Å²) >= 11 is 0. The fourth-order valence-electron chi connectivity index (χ4n) is 3.91. The lowest BCUT2D eigenvalue weighted by Crippen LogP contribution is -2.50. The van der Waals surface area contributed by atoms with Crippen LogP contribution < -0.4 is 0 Å². The molecular weight excluding hydrogens is 196 g/mol. The summed E-state index contributed by atoms with van der Waals surface area (Å²) in [5.74, 6) is 3.46. The van der Waals surface area contributed by atoms with E-state index in [1.807, 2.05) is 21.0 Å². The predicted molar refractivity (Wildman–Crippen MR) is 70.5 cm³/mol. The highest BCUT2D eigenvalue weighted by Crippen LogP contribution is 2.51. The summed E-state index contributed by atoms with van der Waals surface area (Å²) in [5.41, 5.74) is 0.158. The van der Waals surface area contributed by atoms with Gasteiger partial charge in [-0.3, -0.25) is 0 Å². The van der Waals surface area contributed by atoms with Gasteiger partial charge in [0.2, 0.25) is 0 Å². The Morgan fingerprint density at radius 3 is 2.19 bits per heavy atom. The van der Waals surface area contributed by atoms with Crippen LogP contribution in [0.2, 0.25) is 0 Å². The molecule has 2 rings (SSSR count). The van der Waals surface area contributed by atoms with Crippen LogP contribution in [-0.4, -0.2) is 12.7 Å². The molecule has 0 radical (unpaired) electrons. The first-order valence-corrected chi connectivity index (χ1v) is 7.11. The average molecular weight is 226 g/mol. The monoisotopic (exact) mass is 226 g/mol. The minimum atomic E-state index is 0.158. The predicted octanol–water partition coefficient (Wildman–Crippen LogP) is 4.51. The first-order valence-electron chi connectivity index (χ1n) is 7.11. The van der Waals surface area contributed by atoms with Gasteiger partial charge in [-0.2, -0.15) is 0 Å². The molecule has 16 heavy (non-hydrogen) atoms. The lowest BCUT2D eigenvalue weighted by atomic mass is 9.58. The van der Waals surface area contributed by atoms with Crippen molar-refractivity contribution >= 4 is 0 Å². The highest BCUT2D eigenvalue weighted by Gasteiger charge is 2.47. The highest BCUT2D eigenvalue weighted by molar-refractivity contribution is 4.98. The molecule has 0 amide bonds. The Balaban J connectivity index is 0.000000606. The topological polar surface area (TPSA) is 9.23 Å². The van der Waals surface area contributed by atoms with E-state index in [9.17, 15) is 0 Å². The molecule has 2 aliphatic carbocycles. The molecule has 0 heterocycles. The summed E-state index contributed by atoms with van der Waals surface area (Å²) in [5, 5.41) is 0. The minimum absolute atomic E-state index is 0.158. The Bertz CT molecular complexity index is 209. The summed E-state index contributed by atoms with van der Waals surface area (Å²) < 4.78 is 5.82. The molecule has 0 spiro atoms. The molecule has 0 aromatic carbocycles. The SMILES string of the molecule is CC.COC1(C)C(C)CC2CC(C)CC1C2. The third-order valence-corrected chi connectivity index (χ3v) is 4.96. The molecule has 0 aliphatic heterocycles. The maximum absolute atomic E-state index is 5.82. The molecule has 96 valence electrons. The zero-order valence-corrected chi connectivity index (χ0v) is 12.0. The van der Waals surface area contributed by atoms with Crippen molar-refractivity contribution in [1.29, 1.82) is 0 Å². The molecule has 0 aromatic rings. The van der Waals surface area contributed by atoms with Crippen LogP contribution in [0, 0.1) is 23.7 Å². The third kappa shape index (κ3) is 2.45. The van der Waals surface area contributed by atoms with Crippen molar-refractivity contribution in [2.75, 3.05) is 7.11 Å². The highest BCUT2D eigenvalue weighted by atomic mass is 16.5. The first-order chi connectivity index (χ1) is 7.56. The quantitative estimate of drug-likeness (QED) is 0.639. The number of rotatable bonds is 1. The van der Waals surface area contributed by atoms with E-state index in [0.717, 1.165) is 23.7 Å². The van der Waals surface area contributed by atoms with E-state index in [1.54, 1.807) is 0 Å². The van der Waals surface area contributed by atoms with Crippen molar-refractivity contribution in [3.63, 3.8) is 0 Å². The Labute approximate surface area is 102 Å². The van der Waals surface area contributed by atoms with E-state index in [1.165, 1.54) is 25.7 Å². The number of ether oxygens (including phenoxy) is 1. The van der Waals surface area contributed by atoms with Crippen molar-refractivity contribution in [3.05, 3.63) is 0 Å².